The van der Waals surface area contributed by atoms with Gasteiger partial charge in [-0.15, -0.1) is 0 Å². The second-order valence-corrected chi connectivity index (χ2v) is 3.01. The van der Waals surface area contributed by atoms with E-state index in [1.54, 1.807) is 6.92 Å². The number of halogens is 2. The molecule has 0 aliphatic heterocycles. The Bertz CT molecular complexity index is 354. The number of hydrogen-bond acceptors (Lipinski definition) is 1. The molecule has 0 heterocycles. The summed E-state index contributed by atoms with van der Waals surface area (Å²) in [5.41, 5.74) is 0.281. The van der Waals surface area contributed by atoms with E-state index in [-0.39, 0.29) is 12.0 Å². The molecule has 1 atom stereocenters. The van der Waals surface area contributed by atoms with Crippen LogP contribution in [0.1, 0.15) is 18.9 Å². The molecule has 0 radical (unpaired) electrons. The van der Waals surface area contributed by atoms with Gasteiger partial charge in [0, 0.05) is 18.1 Å². The Labute approximate surface area is 81.4 Å². The molecule has 0 saturated carbocycles. The lowest BCUT2D eigenvalue weighted by molar-refractivity contribution is 0.201. The Morgan fingerprint density at radius 1 is 1.29 bits per heavy atom. The SMILES string of the molecule is CC(O)CC#Cc1cc(F)cc(F)c1. The van der Waals surface area contributed by atoms with Crippen molar-refractivity contribution < 1.29 is 13.9 Å². The molecule has 1 N–H and O–H groups in total. The molecule has 1 rings (SSSR count). The highest BCUT2D eigenvalue weighted by atomic mass is 19.1. The van der Waals surface area contributed by atoms with Crippen LogP contribution in [-0.4, -0.2) is 11.2 Å². The second kappa shape index (κ2) is 4.73. The summed E-state index contributed by atoms with van der Waals surface area (Å²) in [6.45, 7) is 1.60. The lowest BCUT2D eigenvalue weighted by atomic mass is 10.2. The monoisotopic (exact) mass is 196 g/mol. The van der Waals surface area contributed by atoms with Crippen molar-refractivity contribution in [1.82, 2.24) is 0 Å². The smallest absolute Gasteiger partial charge is 0.127 e. The van der Waals surface area contributed by atoms with Crippen molar-refractivity contribution in [2.75, 3.05) is 0 Å². The van der Waals surface area contributed by atoms with E-state index in [1.165, 1.54) is 0 Å². The Kier molecular flexibility index (Phi) is 3.61. The highest BCUT2D eigenvalue weighted by Gasteiger charge is 1.97. The largest absolute Gasteiger partial charge is 0.392 e. The molecule has 0 aliphatic carbocycles. The van der Waals surface area contributed by atoms with Crippen LogP contribution in [0.2, 0.25) is 0 Å². The predicted octanol–water partition coefficient (Wildman–Crippen LogP) is 2.09. The first-order valence-corrected chi connectivity index (χ1v) is 4.21. The van der Waals surface area contributed by atoms with Gasteiger partial charge in [-0.05, 0) is 19.1 Å². The highest BCUT2D eigenvalue weighted by molar-refractivity contribution is 5.34. The highest BCUT2D eigenvalue weighted by Crippen LogP contribution is 2.06. The maximum atomic E-state index is 12.7. The zero-order valence-corrected chi connectivity index (χ0v) is 7.72. The van der Waals surface area contributed by atoms with Crippen LogP contribution in [0, 0.1) is 23.5 Å². The lowest BCUT2D eigenvalue weighted by Gasteiger charge is -1.94. The van der Waals surface area contributed by atoms with Gasteiger partial charge in [0.05, 0.1) is 6.10 Å². The van der Waals surface area contributed by atoms with Gasteiger partial charge < -0.3 is 5.11 Å². The van der Waals surface area contributed by atoms with Gasteiger partial charge in [-0.1, -0.05) is 11.8 Å². The predicted molar refractivity (Wildman–Crippen MR) is 49.5 cm³/mol. The van der Waals surface area contributed by atoms with Crippen molar-refractivity contribution >= 4 is 0 Å². The summed E-state index contributed by atoms with van der Waals surface area (Å²) in [6, 6.07) is 3.09. The Morgan fingerprint density at radius 3 is 2.36 bits per heavy atom. The normalized spacial score (nSPS) is 11.7. The van der Waals surface area contributed by atoms with Gasteiger partial charge in [0.2, 0.25) is 0 Å². The van der Waals surface area contributed by atoms with Crippen molar-refractivity contribution in [3.63, 3.8) is 0 Å². The van der Waals surface area contributed by atoms with Crippen LogP contribution in [0.3, 0.4) is 0 Å². The first-order valence-electron chi connectivity index (χ1n) is 4.21. The van der Waals surface area contributed by atoms with Crippen molar-refractivity contribution in [1.29, 1.82) is 0 Å². The van der Waals surface area contributed by atoms with Crippen LogP contribution < -0.4 is 0 Å². The molecule has 1 aromatic rings. The van der Waals surface area contributed by atoms with E-state index in [0.29, 0.717) is 0 Å². The van der Waals surface area contributed by atoms with Crippen molar-refractivity contribution in [3.8, 4) is 11.8 Å². The molecular formula is C11H10F2O. The van der Waals surface area contributed by atoms with Crippen LogP contribution in [0.5, 0.6) is 0 Å². The number of aliphatic hydroxyl groups excluding tert-OH is 1. The van der Waals surface area contributed by atoms with Gasteiger partial charge in [0.1, 0.15) is 11.6 Å². The summed E-state index contributed by atoms with van der Waals surface area (Å²) in [6.07, 6.45) is -0.237. The quantitative estimate of drug-likeness (QED) is 0.682. The van der Waals surface area contributed by atoms with Gasteiger partial charge >= 0.3 is 0 Å². The van der Waals surface area contributed by atoms with Crippen LogP contribution in [0.15, 0.2) is 18.2 Å². The molecule has 0 aromatic heterocycles. The maximum Gasteiger partial charge on any atom is 0.127 e. The molecule has 14 heavy (non-hydrogen) atoms. The first-order chi connectivity index (χ1) is 6.58. The molecule has 0 aliphatic rings. The number of hydrogen-bond donors (Lipinski definition) is 1. The first kappa shape index (κ1) is 10.7. The molecule has 1 nitrogen and oxygen atoms in total. The molecule has 1 aromatic carbocycles. The van der Waals surface area contributed by atoms with E-state index in [1.807, 2.05) is 0 Å². The van der Waals surface area contributed by atoms with Crippen LogP contribution >= 0.6 is 0 Å². The van der Waals surface area contributed by atoms with Crippen molar-refractivity contribution in [2.45, 2.75) is 19.4 Å². The van der Waals surface area contributed by atoms with Crippen LogP contribution in [0.25, 0.3) is 0 Å². The average Bonchev–Trinajstić information content (AvgIpc) is 2.01. The minimum absolute atomic E-state index is 0.281. The van der Waals surface area contributed by atoms with Gasteiger partial charge in [-0.25, -0.2) is 8.78 Å². The van der Waals surface area contributed by atoms with Gasteiger partial charge in [-0.3, -0.25) is 0 Å². The number of rotatable bonds is 1. The van der Waals surface area contributed by atoms with E-state index in [2.05, 4.69) is 11.8 Å². The third kappa shape index (κ3) is 3.55. The summed E-state index contributed by atoms with van der Waals surface area (Å²) >= 11 is 0. The third-order valence-electron chi connectivity index (χ3n) is 1.49. The van der Waals surface area contributed by atoms with E-state index in [0.717, 1.165) is 18.2 Å². The second-order valence-electron chi connectivity index (χ2n) is 3.01. The van der Waals surface area contributed by atoms with Gasteiger partial charge in [-0.2, -0.15) is 0 Å². The van der Waals surface area contributed by atoms with Gasteiger partial charge in [0.25, 0.3) is 0 Å². The molecule has 3 heteroatoms. The fraction of sp³-hybridized carbons (Fsp3) is 0.273. The van der Waals surface area contributed by atoms with Crippen molar-refractivity contribution in [3.05, 3.63) is 35.4 Å². The van der Waals surface area contributed by atoms with E-state index >= 15 is 0 Å². The molecule has 1 unspecified atom stereocenters. The molecule has 74 valence electrons. The van der Waals surface area contributed by atoms with Crippen LogP contribution in [-0.2, 0) is 0 Å². The minimum Gasteiger partial charge on any atom is -0.392 e. The fourth-order valence-electron chi connectivity index (χ4n) is 0.927. The number of benzene rings is 1. The summed E-state index contributed by atoms with van der Waals surface area (Å²) in [7, 11) is 0. The summed E-state index contributed by atoms with van der Waals surface area (Å²) in [5, 5.41) is 8.89. The van der Waals surface area contributed by atoms with E-state index < -0.39 is 17.7 Å². The van der Waals surface area contributed by atoms with Crippen LogP contribution in [0.4, 0.5) is 8.78 Å². The molecule has 0 saturated heterocycles. The summed E-state index contributed by atoms with van der Waals surface area (Å²) < 4.78 is 25.3. The van der Waals surface area contributed by atoms with Gasteiger partial charge in [0.15, 0.2) is 0 Å². The standard InChI is InChI=1S/C11H10F2O/c1-8(14)3-2-4-9-5-10(12)7-11(13)6-9/h5-8,14H,3H2,1H3. The minimum atomic E-state index is -0.647. The van der Waals surface area contributed by atoms with Crippen molar-refractivity contribution in [2.24, 2.45) is 0 Å². The molecule has 0 spiro atoms. The molecule has 0 bridgehead atoms. The zero-order chi connectivity index (χ0) is 10.6. The average molecular weight is 196 g/mol. The molecule has 0 fully saturated rings. The lowest BCUT2D eigenvalue weighted by Crippen LogP contribution is -1.95. The Hall–Kier alpha value is -1.40. The summed E-state index contributed by atoms with van der Waals surface area (Å²) in [4.78, 5) is 0. The number of aliphatic hydroxyl groups is 1. The molecule has 0 amide bonds. The van der Waals surface area contributed by atoms with E-state index in [9.17, 15) is 8.78 Å². The summed E-state index contributed by atoms with van der Waals surface area (Å²) in [5.74, 6) is 3.90. The maximum absolute atomic E-state index is 12.7. The zero-order valence-electron chi connectivity index (χ0n) is 7.72. The topological polar surface area (TPSA) is 20.2 Å². The van der Waals surface area contributed by atoms with E-state index in [4.69, 9.17) is 5.11 Å². The molecular weight excluding hydrogens is 186 g/mol. The fourth-order valence-corrected chi connectivity index (χ4v) is 0.927. The Balaban J connectivity index is 2.79. The Morgan fingerprint density at radius 2 is 1.86 bits per heavy atom. The third-order valence-corrected chi connectivity index (χ3v) is 1.49.